The van der Waals surface area contributed by atoms with E-state index in [0.29, 0.717) is 19.3 Å². The predicted octanol–water partition coefficient (Wildman–Crippen LogP) is -0.240. The van der Waals surface area contributed by atoms with Gasteiger partial charge in [0.15, 0.2) is 0 Å². The lowest BCUT2D eigenvalue weighted by molar-refractivity contribution is -0.272. The quantitative estimate of drug-likeness (QED) is 0.489. The van der Waals surface area contributed by atoms with Crippen molar-refractivity contribution in [2.75, 3.05) is 6.61 Å². The van der Waals surface area contributed by atoms with Crippen LogP contribution in [-0.2, 0) is 19.0 Å². The largest absolute Gasteiger partial charge is 0.481 e. The highest BCUT2D eigenvalue weighted by atomic mass is 16.6. The zero-order valence-electron chi connectivity index (χ0n) is 14.4. The highest BCUT2D eigenvalue weighted by Crippen LogP contribution is 2.36. The first-order chi connectivity index (χ1) is 12.5. The number of carboxylic acids is 1. The normalized spacial score (nSPS) is 41.3. The summed E-state index contributed by atoms with van der Waals surface area (Å²) in [5.74, 6) is -0.930. The van der Waals surface area contributed by atoms with Crippen molar-refractivity contribution in [1.29, 1.82) is 0 Å². The van der Waals surface area contributed by atoms with Gasteiger partial charge in [-0.05, 0) is 19.3 Å². The molecule has 8 atom stereocenters. The maximum Gasteiger partial charge on any atom is 0.305 e. The lowest BCUT2D eigenvalue weighted by Gasteiger charge is -2.48. The first kappa shape index (κ1) is 19.5. The monoisotopic (exact) mass is 370 g/mol. The van der Waals surface area contributed by atoms with Crippen molar-refractivity contribution in [3.8, 4) is 0 Å². The Hall–Kier alpha value is -1.29. The van der Waals surface area contributed by atoms with Crippen molar-refractivity contribution in [2.45, 2.75) is 74.5 Å². The van der Waals surface area contributed by atoms with Crippen molar-refractivity contribution in [1.82, 2.24) is 0 Å². The van der Waals surface area contributed by atoms with Crippen molar-refractivity contribution < 1.29 is 39.4 Å². The number of carbonyl (C=O) groups is 1. The Balaban J connectivity index is 1.68. The summed E-state index contributed by atoms with van der Waals surface area (Å²) in [5, 5.41) is 38.1. The highest BCUT2D eigenvalue weighted by Gasteiger charge is 2.49. The predicted molar refractivity (Wildman–Crippen MR) is 89.5 cm³/mol. The molecule has 2 saturated heterocycles. The van der Waals surface area contributed by atoms with Gasteiger partial charge >= 0.3 is 5.97 Å². The van der Waals surface area contributed by atoms with Gasteiger partial charge in [-0.2, -0.15) is 0 Å². The van der Waals surface area contributed by atoms with Gasteiger partial charge in [0.25, 0.3) is 0 Å². The third-order valence-electron chi connectivity index (χ3n) is 5.00. The Labute approximate surface area is 151 Å². The van der Waals surface area contributed by atoms with Gasteiger partial charge in [-0.3, -0.25) is 4.79 Å². The van der Waals surface area contributed by atoms with Gasteiger partial charge in [0.2, 0.25) is 0 Å². The molecule has 0 amide bonds. The summed E-state index contributed by atoms with van der Waals surface area (Å²) in [4.78, 5) is 10.9. The molecule has 146 valence electrons. The summed E-state index contributed by atoms with van der Waals surface area (Å²) in [6, 6.07) is 0. The van der Waals surface area contributed by atoms with Crippen LogP contribution >= 0.6 is 0 Å². The van der Waals surface area contributed by atoms with Gasteiger partial charge in [0.1, 0.15) is 18.3 Å². The summed E-state index contributed by atoms with van der Waals surface area (Å²) in [6.07, 6.45) is 3.81. The fraction of sp³-hybridized carbons (Fsp3) is 0.722. The second kappa shape index (κ2) is 8.60. The SMILES string of the molecule is O=C(O)C[C@@H]1CC[C@H]2O[C@H]3CC=C[C@H](/C=C/C(O)CO)O[C@@H]3[C@@H](O)[C@@H]2O1. The molecule has 3 aliphatic rings. The second-order valence-electron chi connectivity index (χ2n) is 6.97. The fourth-order valence-electron chi connectivity index (χ4n) is 3.73. The number of rotatable bonds is 5. The van der Waals surface area contributed by atoms with E-state index in [1.807, 2.05) is 12.2 Å². The molecule has 2 fully saturated rings. The molecule has 0 aromatic heterocycles. The van der Waals surface area contributed by atoms with Gasteiger partial charge in [-0.1, -0.05) is 24.3 Å². The Morgan fingerprint density at radius 1 is 1.19 bits per heavy atom. The zero-order chi connectivity index (χ0) is 18.7. The number of aliphatic hydroxyl groups is 3. The van der Waals surface area contributed by atoms with Crippen molar-refractivity contribution in [3.05, 3.63) is 24.3 Å². The van der Waals surface area contributed by atoms with Gasteiger partial charge < -0.3 is 34.6 Å². The van der Waals surface area contributed by atoms with E-state index in [-0.39, 0.29) is 25.2 Å². The minimum absolute atomic E-state index is 0.100. The number of aliphatic hydroxyl groups excluding tert-OH is 3. The fourth-order valence-corrected chi connectivity index (χ4v) is 3.73. The maximum atomic E-state index is 10.9. The van der Waals surface area contributed by atoms with E-state index in [1.54, 1.807) is 6.08 Å². The van der Waals surface area contributed by atoms with Crippen LogP contribution in [0.15, 0.2) is 24.3 Å². The number of fused-ring (bicyclic) bond motifs is 2. The molecule has 8 nitrogen and oxygen atoms in total. The van der Waals surface area contributed by atoms with Crippen LogP contribution in [0.2, 0.25) is 0 Å². The molecular weight excluding hydrogens is 344 g/mol. The summed E-state index contributed by atoms with van der Waals surface area (Å²) in [5.41, 5.74) is 0. The Morgan fingerprint density at radius 3 is 2.69 bits per heavy atom. The molecule has 3 rings (SSSR count). The minimum atomic E-state index is -0.971. The van der Waals surface area contributed by atoms with E-state index in [1.165, 1.54) is 6.08 Å². The first-order valence-electron chi connectivity index (χ1n) is 8.98. The topological polar surface area (TPSA) is 126 Å². The van der Waals surface area contributed by atoms with Crippen molar-refractivity contribution in [3.63, 3.8) is 0 Å². The van der Waals surface area contributed by atoms with Gasteiger partial charge in [0.05, 0.1) is 43.5 Å². The van der Waals surface area contributed by atoms with E-state index in [2.05, 4.69) is 0 Å². The van der Waals surface area contributed by atoms with Crippen LogP contribution in [0, 0.1) is 0 Å². The van der Waals surface area contributed by atoms with Crippen LogP contribution in [0.3, 0.4) is 0 Å². The van der Waals surface area contributed by atoms with Crippen LogP contribution in [0.25, 0.3) is 0 Å². The molecular formula is C18H26O8. The molecule has 0 radical (unpaired) electrons. The van der Waals surface area contributed by atoms with E-state index in [9.17, 15) is 15.0 Å². The first-order valence-corrected chi connectivity index (χ1v) is 8.98. The molecule has 1 unspecified atom stereocenters. The molecule has 0 aliphatic carbocycles. The summed E-state index contributed by atoms with van der Waals surface area (Å²) in [6.45, 7) is -0.382. The van der Waals surface area contributed by atoms with E-state index >= 15 is 0 Å². The third kappa shape index (κ3) is 4.51. The summed E-state index contributed by atoms with van der Waals surface area (Å²) in [7, 11) is 0. The van der Waals surface area contributed by atoms with E-state index < -0.39 is 42.6 Å². The minimum Gasteiger partial charge on any atom is -0.481 e. The molecule has 0 aromatic rings. The molecule has 0 saturated carbocycles. The molecule has 26 heavy (non-hydrogen) atoms. The number of hydrogen-bond acceptors (Lipinski definition) is 7. The molecule has 4 N–H and O–H groups in total. The molecule has 0 spiro atoms. The van der Waals surface area contributed by atoms with Crippen molar-refractivity contribution >= 4 is 5.97 Å². The van der Waals surface area contributed by atoms with Gasteiger partial charge in [0, 0.05) is 0 Å². The Bertz CT molecular complexity index is 547. The average Bonchev–Trinajstić information content (AvgIpc) is 2.82. The smallest absolute Gasteiger partial charge is 0.305 e. The molecule has 3 aliphatic heterocycles. The number of aliphatic carboxylic acids is 1. The van der Waals surface area contributed by atoms with Crippen LogP contribution in [0.1, 0.15) is 25.7 Å². The highest BCUT2D eigenvalue weighted by molar-refractivity contribution is 5.67. The number of carboxylic acid groups (broad SMARTS) is 1. The third-order valence-corrected chi connectivity index (χ3v) is 5.00. The summed E-state index contributed by atoms with van der Waals surface area (Å²) < 4.78 is 17.8. The van der Waals surface area contributed by atoms with Crippen LogP contribution in [0.5, 0.6) is 0 Å². The van der Waals surface area contributed by atoms with E-state index in [0.717, 1.165) is 0 Å². The molecule has 0 aromatic carbocycles. The maximum absolute atomic E-state index is 10.9. The lowest BCUT2D eigenvalue weighted by atomic mass is 9.88. The molecule has 0 bridgehead atoms. The van der Waals surface area contributed by atoms with Crippen LogP contribution in [0.4, 0.5) is 0 Å². The Morgan fingerprint density at radius 2 is 1.96 bits per heavy atom. The molecule has 3 heterocycles. The van der Waals surface area contributed by atoms with E-state index in [4.69, 9.17) is 24.4 Å². The van der Waals surface area contributed by atoms with Crippen molar-refractivity contribution in [2.24, 2.45) is 0 Å². The Kier molecular flexibility index (Phi) is 6.44. The second-order valence-corrected chi connectivity index (χ2v) is 6.97. The zero-order valence-corrected chi connectivity index (χ0v) is 14.4. The van der Waals surface area contributed by atoms with Gasteiger partial charge in [-0.25, -0.2) is 0 Å². The summed E-state index contributed by atoms with van der Waals surface area (Å²) >= 11 is 0. The van der Waals surface area contributed by atoms with Gasteiger partial charge in [-0.15, -0.1) is 0 Å². The standard InChI is InChI=1S/C18H26O8/c19-9-10(20)4-5-11-2-1-3-13-17(24-11)16(23)18-14(26-13)7-6-12(25-18)8-15(21)22/h1-2,4-5,10-14,16-20,23H,3,6-9H2,(H,21,22)/b5-4+/t10?,11-,12+,13+,14-,16-,17+,18-/m1/s1. The van der Waals surface area contributed by atoms with Crippen LogP contribution < -0.4 is 0 Å². The molecule has 8 heteroatoms. The number of ether oxygens (including phenoxy) is 3. The lowest BCUT2D eigenvalue weighted by Crippen LogP contribution is -2.61. The number of hydrogen-bond donors (Lipinski definition) is 4. The van der Waals surface area contributed by atoms with Crippen LogP contribution in [-0.4, -0.2) is 81.8 Å². The average molecular weight is 370 g/mol.